The molecule has 0 unspecified atom stereocenters. The predicted molar refractivity (Wildman–Crippen MR) is 101 cm³/mol. The number of hydrogen-bond acceptors (Lipinski definition) is 5. The summed E-state index contributed by atoms with van der Waals surface area (Å²) in [6, 6.07) is 19.3. The highest BCUT2D eigenvalue weighted by Gasteiger charge is 2.13. The van der Waals surface area contributed by atoms with Crippen molar-refractivity contribution in [3.05, 3.63) is 93.8 Å². The highest BCUT2D eigenvalue weighted by atomic mass is 16.5. The monoisotopic (exact) mass is 360 g/mol. The van der Waals surface area contributed by atoms with Gasteiger partial charge in [-0.2, -0.15) is 0 Å². The van der Waals surface area contributed by atoms with Crippen LogP contribution in [0, 0.1) is 0 Å². The lowest BCUT2D eigenvalue weighted by Gasteiger charge is -2.10. The molecule has 0 radical (unpaired) electrons. The second-order valence-corrected chi connectivity index (χ2v) is 6.18. The fourth-order valence-corrected chi connectivity index (χ4v) is 3.11. The van der Waals surface area contributed by atoms with E-state index in [4.69, 9.17) is 14.3 Å². The minimum atomic E-state index is -0.499. The van der Waals surface area contributed by atoms with Crippen molar-refractivity contribution in [3.63, 3.8) is 0 Å². The summed E-state index contributed by atoms with van der Waals surface area (Å²) in [4.78, 5) is 24.2. The first kappa shape index (κ1) is 17.0. The molecule has 0 fully saturated rings. The third-order valence-corrected chi connectivity index (χ3v) is 4.45. The predicted octanol–water partition coefficient (Wildman–Crippen LogP) is 3.80. The summed E-state index contributed by atoms with van der Waals surface area (Å²) in [5, 5.41) is 11.8. The van der Waals surface area contributed by atoms with E-state index in [-0.39, 0.29) is 13.2 Å². The minimum Gasteiger partial charge on any atom is -0.457 e. The molecule has 3 aromatic carbocycles. The molecule has 5 nitrogen and oxygen atoms in total. The van der Waals surface area contributed by atoms with Gasteiger partial charge < -0.3 is 14.3 Å². The first-order chi connectivity index (χ1) is 13.2. The summed E-state index contributed by atoms with van der Waals surface area (Å²) in [6.07, 6.45) is 0. The molecular weight excluding hydrogens is 344 g/mol. The number of carbonyl (C=O) groups excluding carboxylic acids is 1. The maximum absolute atomic E-state index is 12.3. The number of benzene rings is 3. The van der Waals surface area contributed by atoms with Crippen LogP contribution in [0.3, 0.4) is 0 Å². The van der Waals surface area contributed by atoms with Gasteiger partial charge in [-0.05, 0) is 34.5 Å². The smallest absolute Gasteiger partial charge is 0.338 e. The summed E-state index contributed by atoms with van der Waals surface area (Å²) in [5.41, 5.74) is 1.66. The molecule has 4 rings (SSSR count). The Morgan fingerprint density at radius 2 is 1.78 bits per heavy atom. The van der Waals surface area contributed by atoms with Crippen LogP contribution >= 0.6 is 0 Å². The zero-order valence-electron chi connectivity index (χ0n) is 14.3. The Hall–Kier alpha value is -3.44. The van der Waals surface area contributed by atoms with Crippen LogP contribution in [0.15, 0.2) is 75.9 Å². The molecule has 0 atom stereocenters. The molecule has 0 amide bonds. The average Bonchev–Trinajstić information content (AvgIpc) is 2.71. The van der Waals surface area contributed by atoms with E-state index in [2.05, 4.69) is 0 Å². The Kier molecular flexibility index (Phi) is 4.44. The van der Waals surface area contributed by atoms with Crippen molar-refractivity contribution in [3.8, 4) is 0 Å². The fourth-order valence-electron chi connectivity index (χ4n) is 3.11. The van der Waals surface area contributed by atoms with Crippen molar-refractivity contribution in [2.24, 2.45) is 0 Å². The van der Waals surface area contributed by atoms with Gasteiger partial charge in [-0.3, -0.25) is 0 Å². The van der Waals surface area contributed by atoms with Crippen LogP contribution in [-0.2, 0) is 18.0 Å². The molecule has 134 valence electrons. The number of aliphatic hydroxyl groups is 1. The SMILES string of the molecule is O=C(OCc1cc(=O)oc2ccc3ccccc3c12)c1ccc(CO)cc1. The lowest BCUT2D eigenvalue weighted by Crippen LogP contribution is -2.08. The van der Waals surface area contributed by atoms with Gasteiger partial charge in [-0.1, -0.05) is 42.5 Å². The quantitative estimate of drug-likeness (QED) is 0.340. The Balaban J connectivity index is 1.69. The van der Waals surface area contributed by atoms with Crippen LogP contribution in [0.2, 0.25) is 0 Å². The number of carbonyl (C=O) groups is 1. The molecule has 0 aliphatic heterocycles. The van der Waals surface area contributed by atoms with E-state index >= 15 is 0 Å². The third-order valence-electron chi connectivity index (χ3n) is 4.45. The fraction of sp³-hybridized carbons (Fsp3) is 0.0909. The van der Waals surface area contributed by atoms with Gasteiger partial charge in [0.2, 0.25) is 0 Å². The van der Waals surface area contributed by atoms with E-state index < -0.39 is 11.6 Å². The zero-order valence-corrected chi connectivity index (χ0v) is 14.3. The molecule has 1 N–H and O–H groups in total. The van der Waals surface area contributed by atoms with Gasteiger partial charge in [0.05, 0.1) is 12.2 Å². The van der Waals surface area contributed by atoms with Crippen molar-refractivity contribution in [1.29, 1.82) is 0 Å². The second-order valence-electron chi connectivity index (χ2n) is 6.18. The maximum Gasteiger partial charge on any atom is 0.338 e. The molecule has 0 saturated carbocycles. The van der Waals surface area contributed by atoms with Gasteiger partial charge in [0.15, 0.2) is 0 Å². The van der Waals surface area contributed by atoms with Gasteiger partial charge in [-0.25, -0.2) is 9.59 Å². The Labute approximate surface area is 154 Å². The summed E-state index contributed by atoms with van der Waals surface area (Å²) in [7, 11) is 0. The zero-order chi connectivity index (χ0) is 18.8. The van der Waals surface area contributed by atoms with E-state index in [0.717, 1.165) is 16.2 Å². The molecule has 0 bridgehead atoms. The van der Waals surface area contributed by atoms with E-state index in [1.807, 2.05) is 30.3 Å². The summed E-state index contributed by atoms with van der Waals surface area (Å²) in [5.74, 6) is -0.499. The number of rotatable bonds is 4. The van der Waals surface area contributed by atoms with E-state index in [1.165, 1.54) is 6.07 Å². The topological polar surface area (TPSA) is 76.7 Å². The molecule has 0 aliphatic rings. The van der Waals surface area contributed by atoms with E-state index in [9.17, 15) is 9.59 Å². The third kappa shape index (κ3) is 3.32. The first-order valence-electron chi connectivity index (χ1n) is 8.47. The van der Waals surface area contributed by atoms with Crippen LogP contribution in [0.25, 0.3) is 21.7 Å². The maximum atomic E-state index is 12.3. The normalized spacial score (nSPS) is 11.0. The molecule has 1 heterocycles. The van der Waals surface area contributed by atoms with Crippen molar-refractivity contribution in [1.82, 2.24) is 0 Å². The Bertz CT molecular complexity index is 1190. The largest absolute Gasteiger partial charge is 0.457 e. The standard InChI is InChI=1S/C22H16O5/c23-12-14-5-7-16(8-6-14)22(25)26-13-17-11-20(24)27-19-10-9-15-3-1-2-4-18(15)21(17)19/h1-11,23H,12-13H2. The van der Waals surface area contributed by atoms with Gasteiger partial charge in [0.25, 0.3) is 0 Å². The van der Waals surface area contributed by atoms with Gasteiger partial charge in [0.1, 0.15) is 12.2 Å². The Morgan fingerprint density at radius 1 is 1.00 bits per heavy atom. The van der Waals surface area contributed by atoms with Gasteiger partial charge in [-0.15, -0.1) is 0 Å². The highest BCUT2D eigenvalue weighted by molar-refractivity contribution is 6.07. The number of aliphatic hydroxyl groups excluding tert-OH is 1. The van der Waals surface area contributed by atoms with Crippen LogP contribution in [0.5, 0.6) is 0 Å². The number of ether oxygens (including phenoxy) is 1. The number of fused-ring (bicyclic) bond motifs is 3. The molecule has 5 heteroatoms. The van der Waals surface area contributed by atoms with Crippen molar-refractivity contribution >= 4 is 27.7 Å². The van der Waals surface area contributed by atoms with Gasteiger partial charge in [0, 0.05) is 17.0 Å². The average molecular weight is 360 g/mol. The molecule has 0 saturated heterocycles. The molecule has 4 aromatic rings. The lowest BCUT2D eigenvalue weighted by molar-refractivity contribution is 0.0474. The highest BCUT2D eigenvalue weighted by Crippen LogP contribution is 2.27. The summed E-state index contributed by atoms with van der Waals surface area (Å²) < 4.78 is 10.7. The number of hydrogen-bond donors (Lipinski definition) is 1. The van der Waals surface area contributed by atoms with Crippen LogP contribution in [0.4, 0.5) is 0 Å². The first-order valence-corrected chi connectivity index (χ1v) is 8.47. The van der Waals surface area contributed by atoms with Crippen molar-refractivity contribution in [2.45, 2.75) is 13.2 Å². The molecule has 27 heavy (non-hydrogen) atoms. The van der Waals surface area contributed by atoms with Crippen molar-refractivity contribution in [2.75, 3.05) is 0 Å². The lowest BCUT2D eigenvalue weighted by atomic mass is 10.0. The Morgan fingerprint density at radius 3 is 2.56 bits per heavy atom. The molecule has 0 spiro atoms. The van der Waals surface area contributed by atoms with Gasteiger partial charge >= 0.3 is 11.6 Å². The number of esters is 1. The minimum absolute atomic E-state index is 0.0449. The van der Waals surface area contributed by atoms with E-state index in [1.54, 1.807) is 30.3 Å². The molecule has 1 aromatic heterocycles. The second kappa shape index (κ2) is 7.05. The van der Waals surface area contributed by atoms with E-state index in [0.29, 0.717) is 22.3 Å². The van der Waals surface area contributed by atoms with Crippen LogP contribution in [-0.4, -0.2) is 11.1 Å². The molecule has 0 aliphatic carbocycles. The summed E-state index contributed by atoms with van der Waals surface area (Å²) in [6.45, 7) is -0.134. The van der Waals surface area contributed by atoms with Crippen molar-refractivity contribution < 1.29 is 19.1 Å². The molecular formula is C22H16O5. The van der Waals surface area contributed by atoms with Crippen LogP contribution in [0.1, 0.15) is 21.5 Å². The summed E-state index contributed by atoms with van der Waals surface area (Å²) >= 11 is 0. The van der Waals surface area contributed by atoms with Crippen LogP contribution < -0.4 is 5.63 Å².